The SMILES string of the molecule is CC(C)(C)OC(=O)NNC(=O)c1ccc2c(c1)B(O)OC2.Cl.Cl.NNC(=O)c1ccc2c(c1)B(O)OC2. The molecule has 2 aromatic carbocycles. The van der Waals surface area contributed by atoms with E-state index in [2.05, 4.69) is 10.9 Å². The zero-order chi connectivity index (χ0) is 25.8. The van der Waals surface area contributed by atoms with E-state index in [1.54, 1.807) is 51.1 Å². The van der Waals surface area contributed by atoms with Gasteiger partial charge in [-0.3, -0.25) is 20.4 Å². The lowest BCUT2D eigenvalue weighted by atomic mass is 9.79. The first-order valence-corrected chi connectivity index (χ1v) is 10.6. The fourth-order valence-electron chi connectivity index (χ4n) is 3.28. The predicted octanol–water partition coefficient (Wildman–Crippen LogP) is -0.575. The molecule has 3 amide bonds. The molecule has 200 valence electrons. The van der Waals surface area contributed by atoms with Gasteiger partial charge >= 0.3 is 20.3 Å². The molecule has 2 aromatic rings. The summed E-state index contributed by atoms with van der Waals surface area (Å²) in [5, 5.41) is 19.0. The van der Waals surface area contributed by atoms with Crippen molar-refractivity contribution in [2.24, 2.45) is 5.84 Å². The summed E-state index contributed by atoms with van der Waals surface area (Å²) < 4.78 is 15.0. The van der Waals surface area contributed by atoms with Crippen LogP contribution in [0.4, 0.5) is 4.79 Å². The molecule has 0 saturated carbocycles. The van der Waals surface area contributed by atoms with Crippen LogP contribution < -0.4 is 33.0 Å². The number of fused-ring (bicyclic) bond motifs is 2. The van der Waals surface area contributed by atoms with Crippen molar-refractivity contribution in [1.82, 2.24) is 16.3 Å². The van der Waals surface area contributed by atoms with Crippen LogP contribution in [-0.2, 0) is 27.3 Å². The summed E-state index contributed by atoms with van der Waals surface area (Å²) >= 11 is 0. The largest absolute Gasteiger partial charge is 0.491 e. The van der Waals surface area contributed by atoms with Gasteiger partial charge in [0.2, 0.25) is 0 Å². The summed E-state index contributed by atoms with van der Waals surface area (Å²) in [7, 11) is -1.96. The fraction of sp³-hybridized carbons (Fsp3) is 0.286. The maximum Gasteiger partial charge on any atom is 0.491 e. The minimum absolute atomic E-state index is 0. The second-order valence-corrected chi connectivity index (χ2v) is 8.71. The van der Waals surface area contributed by atoms with Crippen LogP contribution in [0.3, 0.4) is 0 Å². The molecule has 0 bridgehead atoms. The summed E-state index contributed by atoms with van der Waals surface area (Å²) in [5.41, 5.74) is 9.41. The Balaban J connectivity index is 0.000000375. The lowest BCUT2D eigenvalue weighted by molar-refractivity contribution is 0.0483. The van der Waals surface area contributed by atoms with Crippen molar-refractivity contribution >= 4 is 67.9 Å². The van der Waals surface area contributed by atoms with Gasteiger partial charge in [-0.25, -0.2) is 16.1 Å². The molecule has 0 radical (unpaired) electrons. The van der Waals surface area contributed by atoms with Gasteiger partial charge < -0.3 is 24.1 Å². The van der Waals surface area contributed by atoms with Crippen LogP contribution in [0.2, 0.25) is 0 Å². The van der Waals surface area contributed by atoms with Gasteiger partial charge in [0.05, 0.1) is 13.2 Å². The van der Waals surface area contributed by atoms with Gasteiger partial charge in [-0.05, 0) is 67.1 Å². The molecule has 37 heavy (non-hydrogen) atoms. The smallest absolute Gasteiger partial charge is 0.443 e. The van der Waals surface area contributed by atoms with Gasteiger partial charge in [0.25, 0.3) is 11.8 Å². The van der Waals surface area contributed by atoms with Crippen LogP contribution in [0, 0.1) is 0 Å². The van der Waals surface area contributed by atoms with Crippen molar-refractivity contribution in [3.63, 3.8) is 0 Å². The Bertz CT molecular complexity index is 1140. The topological polar surface area (TPSA) is 181 Å². The number of carbonyl (C=O) groups is 3. The summed E-state index contributed by atoms with van der Waals surface area (Å²) in [6.07, 6.45) is -0.750. The molecule has 2 aliphatic rings. The zero-order valence-electron chi connectivity index (χ0n) is 20.3. The highest BCUT2D eigenvalue weighted by atomic mass is 35.5. The average Bonchev–Trinajstić information content (AvgIpc) is 3.38. The quantitative estimate of drug-likeness (QED) is 0.122. The third-order valence-electron chi connectivity index (χ3n) is 4.95. The minimum atomic E-state index is -1.02. The maximum atomic E-state index is 11.9. The Morgan fingerprint density at radius 3 is 1.76 bits per heavy atom. The third kappa shape index (κ3) is 8.61. The lowest BCUT2D eigenvalue weighted by Gasteiger charge is -2.19. The monoisotopic (exact) mass is 556 g/mol. The molecule has 4 rings (SSSR count). The van der Waals surface area contributed by atoms with E-state index in [9.17, 15) is 24.4 Å². The van der Waals surface area contributed by atoms with Crippen LogP contribution in [0.5, 0.6) is 0 Å². The van der Waals surface area contributed by atoms with E-state index in [0.29, 0.717) is 35.3 Å². The van der Waals surface area contributed by atoms with E-state index in [-0.39, 0.29) is 30.7 Å². The maximum absolute atomic E-state index is 11.9. The van der Waals surface area contributed by atoms with E-state index in [1.165, 1.54) is 6.07 Å². The molecule has 0 aliphatic carbocycles. The van der Waals surface area contributed by atoms with Crippen LogP contribution in [-0.4, -0.2) is 47.8 Å². The molecule has 16 heteroatoms. The normalized spacial score (nSPS) is 13.0. The number of amides is 3. The standard InChI is InChI=1S/C13H17BN2O5.C8H9BN2O3.2ClH/c1-13(2,3)21-12(18)16-15-11(17)8-4-5-9-7-20-14(19)10(9)6-8;10-11-8(12)5-1-2-6-4-14-9(13)7(6)3-5;;/h4-6,19H,7H2,1-3H3,(H,15,17)(H,16,18);1-3,13H,4,10H2,(H,11,12);2*1H. The first-order valence-electron chi connectivity index (χ1n) is 10.6. The van der Waals surface area contributed by atoms with Crippen molar-refractivity contribution in [2.45, 2.75) is 39.6 Å². The van der Waals surface area contributed by atoms with Crippen LogP contribution in [0.15, 0.2) is 36.4 Å². The van der Waals surface area contributed by atoms with Gasteiger partial charge in [0, 0.05) is 11.1 Å². The molecule has 0 fully saturated rings. The lowest BCUT2D eigenvalue weighted by Crippen LogP contribution is -2.44. The number of hydrogen-bond donors (Lipinski definition) is 6. The Morgan fingerprint density at radius 1 is 0.865 bits per heavy atom. The Kier molecular flexibility index (Phi) is 11.9. The van der Waals surface area contributed by atoms with Crippen molar-refractivity contribution in [3.8, 4) is 0 Å². The van der Waals surface area contributed by atoms with Crippen LogP contribution in [0.1, 0.15) is 52.6 Å². The molecule has 0 saturated heterocycles. The molecule has 0 unspecified atom stereocenters. The van der Waals surface area contributed by atoms with Crippen molar-refractivity contribution in [2.75, 3.05) is 0 Å². The first-order chi connectivity index (χ1) is 16.5. The summed E-state index contributed by atoms with van der Waals surface area (Å²) in [6, 6.07) is 9.78. The number of nitrogens with two attached hydrogens (primary N) is 1. The Labute approximate surface area is 226 Å². The number of ether oxygens (including phenoxy) is 1. The Morgan fingerprint density at radius 2 is 1.32 bits per heavy atom. The number of hydrogen-bond acceptors (Lipinski definition) is 9. The molecular formula is C21H28B2Cl2N4O8. The average molecular weight is 557 g/mol. The van der Waals surface area contributed by atoms with E-state index in [1.807, 2.05) is 5.43 Å². The van der Waals surface area contributed by atoms with E-state index in [0.717, 1.165) is 11.1 Å². The third-order valence-corrected chi connectivity index (χ3v) is 4.95. The highest BCUT2D eigenvalue weighted by molar-refractivity contribution is 6.62. The molecule has 12 nitrogen and oxygen atoms in total. The Hall–Kier alpha value is -2.84. The zero-order valence-corrected chi connectivity index (χ0v) is 21.9. The highest BCUT2D eigenvalue weighted by Gasteiger charge is 2.29. The number of carbonyl (C=O) groups excluding carboxylic acids is 3. The van der Waals surface area contributed by atoms with Crippen LogP contribution in [0.25, 0.3) is 0 Å². The summed E-state index contributed by atoms with van der Waals surface area (Å²) in [4.78, 5) is 34.5. The second kappa shape index (κ2) is 13.6. The van der Waals surface area contributed by atoms with Gasteiger partial charge in [-0.2, -0.15) is 0 Å². The number of rotatable bonds is 2. The van der Waals surface area contributed by atoms with E-state index < -0.39 is 31.8 Å². The predicted molar refractivity (Wildman–Crippen MR) is 141 cm³/mol. The van der Waals surface area contributed by atoms with E-state index >= 15 is 0 Å². The van der Waals surface area contributed by atoms with Crippen molar-refractivity contribution in [1.29, 1.82) is 0 Å². The first kappa shape index (κ1) is 32.2. The molecule has 2 heterocycles. The number of halogens is 2. The van der Waals surface area contributed by atoms with Crippen molar-refractivity contribution in [3.05, 3.63) is 58.7 Å². The number of benzene rings is 2. The number of nitrogens with one attached hydrogen (secondary N) is 3. The molecule has 2 aliphatic heterocycles. The van der Waals surface area contributed by atoms with E-state index in [4.69, 9.17) is 19.9 Å². The molecular weight excluding hydrogens is 529 g/mol. The summed E-state index contributed by atoms with van der Waals surface area (Å²) in [5.74, 6) is 4.10. The molecule has 7 N–H and O–H groups in total. The second-order valence-electron chi connectivity index (χ2n) is 8.71. The van der Waals surface area contributed by atoms with Gasteiger partial charge in [-0.15, -0.1) is 24.8 Å². The summed E-state index contributed by atoms with van der Waals surface area (Å²) in [6.45, 7) is 5.85. The fourth-order valence-corrected chi connectivity index (χ4v) is 3.28. The van der Waals surface area contributed by atoms with Gasteiger partial charge in [0.1, 0.15) is 5.60 Å². The molecule has 0 spiro atoms. The molecule has 0 atom stereocenters. The van der Waals surface area contributed by atoms with Gasteiger partial charge in [-0.1, -0.05) is 12.1 Å². The highest BCUT2D eigenvalue weighted by Crippen LogP contribution is 2.12. The van der Waals surface area contributed by atoms with Crippen molar-refractivity contribution < 1.29 is 38.5 Å². The van der Waals surface area contributed by atoms with Crippen LogP contribution >= 0.6 is 24.8 Å². The minimum Gasteiger partial charge on any atom is -0.443 e. The number of nitrogen functional groups attached to an aromatic ring is 1. The number of hydrazine groups is 2. The van der Waals surface area contributed by atoms with Gasteiger partial charge in [0.15, 0.2) is 0 Å². The molecule has 0 aromatic heterocycles.